The highest BCUT2D eigenvalue weighted by Gasteiger charge is 2.23. The fourth-order valence-electron chi connectivity index (χ4n) is 1.76. The van der Waals surface area contributed by atoms with E-state index < -0.39 is 0 Å². The number of hydrogen-bond donors (Lipinski definition) is 1. The second kappa shape index (κ2) is 5.79. The number of carbonyl (C=O) groups excluding carboxylic acids is 1. The summed E-state index contributed by atoms with van der Waals surface area (Å²) in [5.41, 5.74) is 0.661. The molecule has 1 heterocycles. The van der Waals surface area contributed by atoms with E-state index in [1.165, 1.54) is 21.3 Å². The number of thiocarbonyl (C=S) groups is 1. The van der Waals surface area contributed by atoms with Crippen LogP contribution in [0.1, 0.15) is 5.56 Å². The van der Waals surface area contributed by atoms with Crippen molar-refractivity contribution in [1.82, 2.24) is 5.32 Å². The molecule has 1 aliphatic heterocycles. The van der Waals surface area contributed by atoms with Gasteiger partial charge in [0.25, 0.3) is 11.1 Å². The Morgan fingerprint density at radius 3 is 2.15 bits per heavy atom. The molecule has 0 aromatic heterocycles. The molecule has 1 amide bonds. The van der Waals surface area contributed by atoms with E-state index in [2.05, 4.69) is 5.32 Å². The molecule has 0 unspecified atom stereocenters. The van der Waals surface area contributed by atoms with Gasteiger partial charge >= 0.3 is 0 Å². The summed E-state index contributed by atoms with van der Waals surface area (Å²) in [6.07, 6.45) is 1.54. The van der Waals surface area contributed by atoms with Crippen molar-refractivity contribution in [1.29, 1.82) is 0 Å². The third-order valence-corrected chi connectivity index (χ3v) is 2.81. The zero-order valence-electron chi connectivity index (χ0n) is 11.2. The van der Waals surface area contributed by atoms with Crippen molar-refractivity contribution in [2.24, 2.45) is 0 Å². The molecule has 0 saturated carbocycles. The average molecular weight is 295 g/mol. The predicted octanol–water partition coefficient (Wildman–Crippen LogP) is 1.48. The predicted molar refractivity (Wildman–Crippen MR) is 75.9 cm³/mol. The molecule has 0 atom stereocenters. The van der Waals surface area contributed by atoms with E-state index in [1.54, 1.807) is 18.2 Å². The number of carbonyl (C=O) groups is 1. The maximum atomic E-state index is 11.5. The molecule has 2 rings (SSSR count). The third kappa shape index (κ3) is 2.67. The van der Waals surface area contributed by atoms with Crippen LogP contribution in [0.5, 0.6) is 17.2 Å². The van der Waals surface area contributed by atoms with E-state index >= 15 is 0 Å². The minimum atomic E-state index is -0.385. The van der Waals surface area contributed by atoms with Gasteiger partial charge in [-0.05, 0) is 36.0 Å². The standard InChI is InChI=1S/C13H13NO5S/c1-16-8-4-7(5-9(17-2)11(8)18-3)6-10-12(15)14-13(20)19-10/h4-6H,1-3H3,(H,14,15,20). The van der Waals surface area contributed by atoms with Gasteiger partial charge in [-0.15, -0.1) is 0 Å². The lowest BCUT2D eigenvalue weighted by Crippen LogP contribution is -2.18. The van der Waals surface area contributed by atoms with E-state index in [-0.39, 0.29) is 16.8 Å². The van der Waals surface area contributed by atoms with Crippen molar-refractivity contribution in [3.63, 3.8) is 0 Å². The van der Waals surface area contributed by atoms with Gasteiger partial charge in [0.15, 0.2) is 17.3 Å². The first-order valence-corrected chi connectivity index (χ1v) is 6.04. The van der Waals surface area contributed by atoms with Crippen molar-refractivity contribution >= 4 is 29.4 Å². The Bertz CT molecular complexity index is 571. The van der Waals surface area contributed by atoms with Crippen LogP contribution < -0.4 is 19.5 Å². The Hall–Kier alpha value is -2.28. The lowest BCUT2D eigenvalue weighted by molar-refractivity contribution is -0.116. The van der Waals surface area contributed by atoms with Crippen molar-refractivity contribution < 1.29 is 23.7 Å². The molecular formula is C13H13NO5S. The van der Waals surface area contributed by atoms with Gasteiger partial charge in [0.1, 0.15) is 0 Å². The molecule has 6 nitrogen and oxygen atoms in total. The lowest BCUT2D eigenvalue weighted by atomic mass is 10.1. The first-order valence-electron chi connectivity index (χ1n) is 5.64. The molecule has 106 valence electrons. The van der Waals surface area contributed by atoms with E-state index in [1.807, 2.05) is 0 Å². The number of hydrogen-bond acceptors (Lipinski definition) is 6. The van der Waals surface area contributed by atoms with E-state index in [4.69, 9.17) is 31.2 Å². The zero-order chi connectivity index (χ0) is 14.7. The SMILES string of the molecule is COc1cc(C=C2OC(=S)NC2=O)cc(OC)c1OC. The second-order valence-corrected chi connectivity index (χ2v) is 4.18. The van der Waals surface area contributed by atoms with Crippen molar-refractivity contribution in [2.75, 3.05) is 21.3 Å². The molecule has 1 aromatic rings. The Kier molecular flexibility index (Phi) is 4.09. The van der Waals surface area contributed by atoms with Gasteiger partial charge in [0, 0.05) is 0 Å². The highest BCUT2D eigenvalue weighted by molar-refractivity contribution is 7.80. The molecule has 1 N–H and O–H groups in total. The minimum Gasteiger partial charge on any atom is -0.493 e. The van der Waals surface area contributed by atoms with Gasteiger partial charge in [-0.25, -0.2) is 0 Å². The minimum absolute atomic E-state index is 0.0358. The summed E-state index contributed by atoms with van der Waals surface area (Å²) >= 11 is 4.76. The number of methoxy groups -OCH3 is 3. The van der Waals surface area contributed by atoms with Crippen LogP contribution in [0.4, 0.5) is 0 Å². The Labute approximate surface area is 121 Å². The zero-order valence-corrected chi connectivity index (χ0v) is 12.0. The van der Waals surface area contributed by atoms with Crippen LogP contribution in [0.2, 0.25) is 0 Å². The van der Waals surface area contributed by atoms with E-state index in [9.17, 15) is 4.79 Å². The summed E-state index contributed by atoms with van der Waals surface area (Å²) in [5, 5.41) is 2.42. The molecule has 0 bridgehead atoms. The number of nitrogens with one attached hydrogen (secondary N) is 1. The highest BCUT2D eigenvalue weighted by Crippen LogP contribution is 2.38. The molecule has 1 aliphatic rings. The summed E-state index contributed by atoms with van der Waals surface area (Å²) in [6.45, 7) is 0. The van der Waals surface area contributed by atoms with Gasteiger partial charge in [-0.1, -0.05) is 0 Å². The van der Waals surface area contributed by atoms with Crippen LogP contribution in [0.15, 0.2) is 17.9 Å². The Balaban J connectivity index is 2.45. The van der Waals surface area contributed by atoms with Crippen LogP contribution in [-0.4, -0.2) is 32.4 Å². The smallest absolute Gasteiger partial charge is 0.294 e. The number of amides is 1. The summed E-state index contributed by atoms with van der Waals surface area (Å²) < 4.78 is 20.8. The van der Waals surface area contributed by atoms with E-state index in [0.717, 1.165) is 0 Å². The van der Waals surface area contributed by atoms with Crippen LogP contribution in [0.25, 0.3) is 6.08 Å². The van der Waals surface area contributed by atoms with Gasteiger partial charge < -0.3 is 18.9 Å². The first kappa shape index (κ1) is 14.1. The largest absolute Gasteiger partial charge is 0.493 e. The van der Waals surface area contributed by atoms with Crippen LogP contribution >= 0.6 is 12.2 Å². The molecule has 1 fully saturated rings. The fourth-order valence-corrected chi connectivity index (χ4v) is 1.94. The van der Waals surface area contributed by atoms with Crippen LogP contribution in [0, 0.1) is 0 Å². The quantitative estimate of drug-likeness (QED) is 0.670. The second-order valence-electron chi connectivity index (χ2n) is 3.81. The van der Waals surface area contributed by atoms with Crippen molar-refractivity contribution in [3.8, 4) is 17.2 Å². The summed E-state index contributed by atoms with van der Waals surface area (Å²) in [6, 6.07) is 3.40. The molecule has 7 heteroatoms. The Morgan fingerprint density at radius 1 is 1.15 bits per heavy atom. The van der Waals surface area contributed by atoms with Crippen molar-refractivity contribution in [2.45, 2.75) is 0 Å². The first-order chi connectivity index (χ1) is 9.58. The summed E-state index contributed by atoms with van der Waals surface area (Å²) in [4.78, 5) is 11.5. The van der Waals surface area contributed by atoms with Crippen molar-refractivity contribution in [3.05, 3.63) is 23.5 Å². The maximum absolute atomic E-state index is 11.5. The highest BCUT2D eigenvalue weighted by atomic mass is 32.1. The van der Waals surface area contributed by atoms with Gasteiger partial charge in [-0.2, -0.15) is 0 Å². The number of ether oxygens (including phenoxy) is 4. The monoisotopic (exact) mass is 295 g/mol. The van der Waals surface area contributed by atoms with Crippen LogP contribution in [0.3, 0.4) is 0 Å². The molecule has 1 saturated heterocycles. The summed E-state index contributed by atoms with van der Waals surface area (Å²) in [7, 11) is 4.55. The van der Waals surface area contributed by atoms with Crippen LogP contribution in [-0.2, 0) is 9.53 Å². The Morgan fingerprint density at radius 2 is 1.75 bits per heavy atom. The molecule has 0 spiro atoms. The topological polar surface area (TPSA) is 66.0 Å². The molecular weight excluding hydrogens is 282 g/mol. The number of benzene rings is 1. The fraction of sp³-hybridized carbons (Fsp3) is 0.231. The molecule has 0 radical (unpaired) electrons. The normalized spacial score (nSPS) is 15.8. The number of rotatable bonds is 4. The third-order valence-electron chi connectivity index (χ3n) is 2.63. The van der Waals surface area contributed by atoms with Gasteiger partial charge in [0.05, 0.1) is 21.3 Å². The average Bonchev–Trinajstić information content (AvgIpc) is 2.75. The molecule has 0 aliphatic carbocycles. The van der Waals surface area contributed by atoms with E-state index in [0.29, 0.717) is 22.8 Å². The van der Waals surface area contributed by atoms with Gasteiger partial charge in [0.2, 0.25) is 5.75 Å². The summed E-state index contributed by atoms with van der Waals surface area (Å²) in [5.74, 6) is 1.18. The molecule has 20 heavy (non-hydrogen) atoms. The van der Waals surface area contributed by atoms with Gasteiger partial charge in [-0.3, -0.25) is 10.1 Å². The lowest BCUT2D eigenvalue weighted by Gasteiger charge is -2.12. The molecule has 1 aromatic carbocycles. The maximum Gasteiger partial charge on any atom is 0.294 e.